The molecule has 1 N–H and O–H groups in total. The summed E-state index contributed by atoms with van der Waals surface area (Å²) in [6.45, 7) is 1.42. The van der Waals surface area contributed by atoms with E-state index in [1.165, 1.54) is 61.0 Å². The number of hydrogen-bond acceptors (Lipinski definition) is 4. The molecule has 32 heavy (non-hydrogen) atoms. The molecule has 0 bridgehead atoms. The van der Waals surface area contributed by atoms with Crippen molar-refractivity contribution >= 4 is 17.6 Å². The van der Waals surface area contributed by atoms with Crippen molar-refractivity contribution in [1.82, 2.24) is 9.55 Å². The van der Waals surface area contributed by atoms with Crippen molar-refractivity contribution in [3.8, 4) is 17.7 Å². The summed E-state index contributed by atoms with van der Waals surface area (Å²) in [6.07, 6.45) is -3.45. The maximum atomic E-state index is 14.0. The maximum absolute atomic E-state index is 14.0. The lowest BCUT2D eigenvalue weighted by atomic mass is 9.84. The van der Waals surface area contributed by atoms with E-state index in [1.807, 2.05) is 6.07 Å². The molecule has 0 radical (unpaired) electrons. The van der Waals surface area contributed by atoms with Crippen LogP contribution in [0.1, 0.15) is 46.1 Å². The zero-order chi connectivity index (χ0) is 23.6. The maximum Gasteiger partial charge on any atom is 0.397 e. The first kappa shape index (κ1) is 23.2. The highest BCUT2D eigenvalue weighted by molar-refractivity contribution is 6.31. The molecular weight excluding hydrogens is 447 g/mol. The van der Waals surface area contributed by atoms with Crippen molar-refractivity contribution in [2.24, 2.45) is 7.05 Å². The van der Waals surface area contributed by atoms with Crippen molar-refractivity contribution in [2.45, 2.75) is 24.9 Å². The summed E-state index contributed by atoms with van der Waals surface area (Å²) in [6, 6.07) is 11.5. The van der Waals surface area contributed by atoms with Gasteiger partial charge in [0.05, 0.1) is 5.56 Å². The van der Waals surface area contributed by atoms with Crippen LogP contribution < -0.4 is 4.74 Å². The van der Waals surface area contributed by atoms with E-state index < -0.39 is 24.0 Å². The van der Waals surface area contributed by atoms with Gasteiger partial charge in [-0.1, -0.05) is 24.6 Å². The molecule has 0 spiro atoms. The number of halogens is 4. The van der Waals surface area contributed by atoms with Crippen LogP contribution in [-0.2, 0) is 7.05 Å². The molecule has 2 aromatic heterocycles. The van der Waals surface area contributed by atoms with Crippen molar-refractivity contribution in [3.05, 3.63) is 76.2 Å². The lowest BCUT2D eigenvalue weighted by molar-refractivity contribution is -0.156. The fraction of sp³-hybridized carbons (Fsp3) is 0.227. The van der Waals surface area contributed by atoms with Crippen LogP contribution in [0.2, 0.25) is 5.02 Å². The number of benzene rings is 1. The molecular formula is C22H17ClF3N3O3. The van der Waals surface area contributed by atoms with E-state index in [-0.39, 0.29) is 39.2 Å². The summed E-state index contributed by atoms with van der Waals surface area (Å²) in [5.41, 5.74) is 0.326. The number of carboxylic acid groups (broad SMARTS) is 1. The third-order valence-electron chi connectivity index (χ3n) is 5.11. The zero-order valence-corrected chi connectivity index (χ0v) is 17.6. The Morgan fingerprint density at radius 3 is 2.47 bits per heavy atom. The Morgan fingerprint density at radius 2 is 1.97 bits per heavy atom. The van der Waals surface area contributed by atoms with Gasteiger partial charge < -0.3 is 14.4 Å². The second kappa shape index (κ2) is 8.93. The van der Waals surface area contributed by atoms with E-state index in [9.17, 15) is 18.0 Å². The second-order valence-electron chi connectivity index (χ2n) is 7.10. The number of hydrogen-bond donors (Lipinski definition) is 1. The second-order valence-corrected chi connectivity index (χ2v) is 7.51. The van der Waals surface area contributed by atoms with Crippen molar-refractivity contribution in [1.29, 1.82) is 5.26 Å². The summed E-state index contributed by atoms with van der Waals surface area (Å²) < 4.78 is 48.8. The number of alkyl halides is 3. The standard InChI is InChI=1S/C22H17ClF3N3O3/c1-12(20(22(24,25)26)18-7-4-14(10-27)29(18)2)16-6-5-15(9-17(16)23)32-19-8-3-13(11-28-19)21(30)31/h3-9,11-12,20H,1-2H3,(H,30,31)/t12?,20-/m0/s1. The highest BCUT2D eigenvalue weighted by atomic mass is 35.5. The molecule has 10 heteroatoms. The van der Waals surface area contributed by atoms with Crippen LogP contribution in [0.5, 0.6) is 11.6 Å². The van der Waals surface area contributed by atoms with Gasteiger partial charge >= 0.3 is 12.1 Å². The molecule has 1 unspecified atom stereocenters. The topological polar surface area (TPSA) is 88.1 Å². The molecule has 0 aliphatic rings. The Balaban J connectivity index is 1.90. The first-order valence-corrected chi connectivity index (χ1v) is 9.69. The largest absolute Gasteiger partial charge is 0.478 e. The van der Waals surface area contributed by atoms with E-state index in [2.05, 4.69) is 4.98 Å². The Bertz CT molecular complexity index is 1180. The predicted molar refractivity (Wildman–Crippen MR) is 110 cm³/mol. The third-order valence-corrected chi connectivity index (χ3v) is 5.44. The number of nitriles is 1. The quantitative estimate of drug-likeness (QED) is 0.492. The van der Waals surface area contributed by atoms with Crippen molar-refractivity contribution in [2.75, 3.05) is 0 Å². The average molecular weight is 464 g/mol. The van der Waals surface area contributed by atoms with Crippen LogP contribution in [0, 0.1) is 11.3 Å². The third kappa shape index (κ3) is 4.70. The van der Waals surface area contributed by atoms with E-state index in [1.54, 1.807) is 0 Å². The molecule has 0 aliphatic heterocycles. The average Bonchev–Trinajstić information content (AvgIpc) is 3.07. The number of aromatic carboxylic acids is 1. The normalized spacial score (nSPS) is 13.3. The summed E-state index contributed by atoms with van der Waals surface area (Å²) in [5.74, 6) is -3.73. The number of nitrogens with zero attached hydrogens (tertiary/aromatic N) is 3. The highest BCUT2D eigenvalue weighted by Gasteiger charge is 2.46. The number of ether oxygens (including phenoxy) is 1. The Morgan fingerprint density at radius 1 is 1.25 bits per heavy atom. The van der Waals surface area contributed by atoms with Crippen LogP contribution in [0.15, 0.2) is 48.7 Å². The number of pyridine rings is 1. The van der Waals surface area contributed by atoms with Crippen LogP contribution in [0.25, 0.3) is 0 Å². The lowest BCUT2D eigenvalue weighted by Crippen LogP contribution is -2.28. The van der Waals surface area contributed by atoms with Gasteiger partial charge in [-0.3, -0.25) is 0 Å². The van der Waals surface area contributed by atoms with Gasteiger partial charge in [0.15, 0.2) is 0 Å². The van der Waals surface area contributed by atoms with Gasteiger partial charge in [-0.2, -0.15) is 18.4 Å². The molecule has 0 aliphatic carbocycles. The SMILES string of the molecule is CC(c1ccc(Oc2ccc(C(=O)O)cn2)cc1Cl)[C@@H](c1ccc(C#N)n1C)C(F)(F)F. The summed E-state index contributed by atoms with van der Waals surface area (Å²) >= 11 is 6.31. The van der Waals surface area contributed by atoms with Gasteiger partial charge in [0, 0.05) is 30.0 Å². The van der Waals surface area contributed by atoms with Gasteiger partial charge in [0.2, 0.25) is 5.88 Å². The van der Waals surface area contributed by atoms with E-state index in [4.69, 9.17) is 26.7 Å². The number of carbonyl (C=O) groups is 1. The molecule has 0 amide bonds. The predicted octanol–water partition coefficient (Wildman–Crippen LogP) is 5.89. The van der Waals surface area contributed by atoms with Gasteiger partial charge in [0.25, 0.3) is 0 Å². The molecule has 0 saturated carbocycles. The van der Waals surface area contributed by atoms with Gasteiger partial charge in [0.1, 0.15) is 23.4 Å². The lowest BCUT2D eigenvalue weighted by Gasteiger charge is -2.28. The molecule has 1 aromatic carbocycles. The highest BCUT2D eigenvalue weighted by Crippen LogP contribution is 2.47. The Hall–Kier alpha value is -3.51. The fourth-order valence-corrected chi connectivity index (χ4v) is 3.81. The number of aromatic nitrogens is 2. The van der Waals surface area contributed by atoms with E-state index in [0.717, 1.165) is 6.20 Å². The summed E-state index contributed by atoms with van der Waals surface area (Å²) in [7, 11) is 1.42. The number of rotatable bonds is 6. The number of carboxylic acids is 1. The summed E-state index contributed by atoms with van der Waals surface area (Å²) in [5, 5.41) is 18.1. The van der Waals surface area contributed by atoms with Gasteiger partial charge in [-0.05, 0) is 41.8 Å². The van der Waals surface area contributed by atoms with E-state index in [0.29, 0.717) is 0 Å². The molecule has 3 aromatic rings. The summed E-state index contributed by atoms with van der Waals surface area (Å²) in [4.78, 5) is 14.8. The smallest absolute Gasteiger partial charge is 0.397 e. The fourth-order valence-electron chi connectivity index (χ4n) is 3.47. The van der Waals surface area contributed by atoms with Crippen molar-refractivity contribution < 1.29 is 27.8 Å². The molecule has 6 nitrogen and oxygen atoms in total. The molecule has 2 heterocycles. The molecule has 0 saturated heterocycles. The minimum atomic E-state index is -4.58. The first-order valence-electron chi connectivity index (χ1n) is 9.32. The van der Waals surface area contributed by atoms with E-state index >= 15 is 0 Å². The van der Waals surface area contributed by atoms with Gasteiger partial charge in [-0.15, -0.1) is 0 Å². The van der Waals surface area contributed by atoms with Crippen LogP contribution in [-0.4, -0.2) is 26.8 Å². The van der Waals surface area contributed by atoms with Crippen molar-refractivity contribution in [3.63, 3.8) is 0 Å². The van der Waals surface area contributed by atoms with Crippen LogP contribution in [0.3, 0.4) is 0 Å². The minimum absolute atomic E-state index is 0.0158. The van der Waals surface area contributed by atoms with Crippen LogP contribution >= 0.6 is 11.6 Å². The molecule has 0 fully saturated rings. The zero-order valence-electron chi connectivity index (χ0n) is 16.9. The molecule has 2 atom stereocenters. The minimum Gasteiger partial charge on any atom is -0.478 e. The van der Waals surface area contributed by atoms with Crippen LogP contribution in [0.4, 0.5) is 13.2 Å². The Kier molecular flexibility index (Phi) is 6.46. The first-order chi connectivity index (χ1) is 15.0. The Labute approximate surface area is 186 Å². The van der Waals surface area contributed by atoms with Gasteiger partial charge in [-0.25, -0.2) is 9.78 Å². The molecule has 3 rings (SSSR count). The monoisotopic (exact) mass is 463 g/mol. The molecule has 166 valence electrons.